The number of hydrogen-bond acceptors (Lipinski definition) is 6. The number of anilines is 2. The van der Waals surface area contributed by atoms with Crippen LogP contribution in [0, 0.1) is 0 Å². The number of piperazine rings is 1. The third-order valence-corrected chi connectivity index (χ3v) is 5.73. The van der Waals surface area contributed by atoms with E-state index in [2.05, 4.69) is 20.2 Å². The molecule has 0 saturated carbocycles. The number of thiazole rings is 1. The lowest BCUT2D eigenvalue weighted by Gasteiger charge is -2.34. The van der Waals surface area contributed by atoms with E-state index in [9.17, 15) is 18.0 Å². The molecule has 3 aromatic rings. The molecule has 2 aromatic heterocycles. The number of nitrogens with one attached hydrogen (secondary N) is 1. The van der Waals surface area contributed by atoms with Gasteiger partial charge in [-0.2, -0.15) is 13.2 Å². The summed E-state index contributed by atoms with van der Waals surface area (Å²) in [7, 11) is 0. The van der Waals surface area contributed by atoms with E-state index in [1.165, 1.54) is 23.5 Å². The van der Waals surface area contributed by atoms with Crippen LogP contribution in [0.25, 0.3) is 10.3 Å². The monoisotopic (exact) mass is 421 g/mol. The lowest BCUT2D eigenvalue weighted by molar-refractivity contribution is -0.137. The highest BCUT2D eigenvalue weighted by Gasteiger charge is 2.30. The molecule has 1 aliphatic rings. The number of rotatable bonds is 4. The number of hydrogen-bond donors (Lipinski definition) is 1. The maximum Gasteiger partial charge on any atom is 0.416 e. The largest absolute Gasteiger partial charge is 0.416 e. The van der Waals surface area contributed by atoms with Crippen LogP contribution in [-0.2, 0) is 11.0 Å². The predicted octanol–water partition coefficient (Wildman–Crippen LogP) is 3.47. The number of aromatic nitrogens is 2. The zero-order chi connectivity index (χ0) is 20.4. The molecule has 0 bridgehead atoms. The fraction of sp³-hybridized carbons (Fsp3) is 0.316. The van der Waals surface area contributed by atoms with Crippen LogP contribution < -0.4 is 10.2 Å². The maximum atomic E-state index is 12.8. The van der Waals surface area contributed by atoms with Gasteiger partial charge in [-0.25, -0.2) is 9.97 Å². The van der Waals surface area contributed by atoms with Crippen LogP contribution in [0.3, 0.4) is 0 Å². The molecule has 29 heavy (non-hydrogen) atoms. The quantitative estimate of drug-likeness (QED) is 0.699. The fourth-order valence-corrected chi connectivity index (χ4v) is 4.10. The van der Waals surface area contributed by atoms with Crippen LogP contribution in [0.15, 0.2) is 42.6 Å². The van der Waals surface area contributed by atoms with Crippen LogP contribution in [0.5, 0.6) is 0 Å². The summed E-state index contributed by atoms with van der Waals surface area (Å²) in [6, 6.07) is 8.61. The van der Waals surface area contributed by atoms with Crippen molar-refractivity contribution in [2.24, 2.45) is 0 Å². The zero-order valence-electron chi connectivity index (χ0n) is 15.3. The first-order valence-electron chi connectivity index (χ1n) is 9.05. The second kappa shape index (κ2) is 7.86. The van der Waals surface area contributed by atoms with Crippen LogP contribution in [-0.4, -0.2) is 53.5 Å². The summed E-state index contributed by atoms with van der Waals surface area (Å²) >= 11 is 1.52. The molecule has 4 rings (SSSR count). The van der Waals surface area contributed by atoms with Crippen LogP contribution in [0.2, 0.25) is 0 Å². The minimum absolute atomic E-state index is 0.0492. The lowest BCUT2D eigenvalue weighted by atomic mass is 10.2. The van der Waals surface area contributed by atoms with Gasteiger partial charge in [0.15, 0.2) is 5.13 Å². The van der Waals surface area contributed by atoms with Crippen LogP contribution in [0.1, 0.15) is 5.56 Å². The Hall–Kier alpha value is -2.88. The number of fused-ring (bicyclic) bond motifs is 1. The lowest BCUT2D eigenvalue weighted by Crippen LogP contribution is -2.50. The summed E-state index contributed by atoms with van der Waals surface area (Å²) in [6.07, 6.45) is -2.67. The van der Waals surface area contributed by atoms with E-state index in [0.29, 0.717) is 26.2 Å². The Morgan fingerprint density at radius 2 is 1.93 bits per heavy atom. The molecule has 6 nitrogen and oxygen atoms in total. The van der Waals surface area contributed by atoms with Crippen molar-refractivity contribution in [2.75, 3.05) is 42.9 Å². The summed E-state index contributed by atoms with van der Waals surface area (Å²) in [5.41, 5.74) is 0.388. The Morgan fingerprint density at radius 3 is 2.66 bits per heavy atom. The smallest absolute Gasteiger partial charge is 0.376 e. The number of nitrogens with zero attached hydrogens (tertiary/aromatic N) is 4. The molecule has 152 valence electrons. The third kappa shape index (κ3) is 4.42. The van der Waals surface area contributed by atoms with Crippen molar-refractivity contribution in [1.82, 2.24) is 14.9 Å². The summed E-state index contributed by atoms with van der Waals surface area (Å²) in [5, 5.41) is 3.67. The third-order valence-electron chi connectivity index (χ3n) is 4.69. The topological polar surface area (TPSA) is 61.4 Å². The van der Waals surface area contributed by atoms with Gasteiger partial charge in [-0.1, -0.05) is 17.4 Å². The van der Waals surface area contributed by atoms with E-state index in [1.807, 2.05) is 12.1 Å². The van der Waals surface area contributed by atoms with Gasteiger partial charge in [-0.05, 0) is 30.3 Å². The van der Waals surface area contributed by atoms with E-state index in [4.69, 9.17) is 0 Å². The van der Waals surface area contributed by atoms with Gasteiger partial charge in [-0.15, -0.1) is 0 Å². The number of pyridine rings is 1. The van der Waals surface area contributed by atoms with Gasteiger partial charge >= 0.3 is 6.18 Å². The van der Waals surface area contributed by atoms with Gasteiger partial charge in [0, 0.05) is 38.1 Å². The number of amides is 1. The van der Waals surface area contributed by atoms with Crippen molar-refractivity contribution in [2.45, 2.75) is 6.18 Å². The molecular formula is C19H18F3N5OS. The molecular weight excluding hydrogens is 403 g/mol. The number of carbonyl (C=O) groups excluding carboxylic acids is 1. The first kappa shape index (κ1) is 19.4. The Bertz CT molecular complexity index is 981. The molecule has 1 amide bonds. The molecule has 1 saturated heterocycles. The van der Waals surface area contributed by atoms with E-state index in [1.54, 1.807) is 11.1 Å². The minimum atomic E-state index is -4.41. The molecule has 1 aliphatic heterocycles. The Kier molecular flexibility index (Phi) is 5.27. The van der Waals surface area contributed by atoms with Crippen molar-refractivity contribution < 1.29 is 18.0 Å². The summed E-state index contributed by atoms with van der Waals surface area (Å²) in [6.45, 7) is 2.32. The van der Waals surface area contributed by atoms with Crippen molar-refractivity contribution in [3.05, 3.63) is 48.2 Å². The van der Waals surface area contributed by atoms with Gasteiger partial charge in [0.1, 0.15) is 10.3 Å². The average molecular weight is 421 g/mol. The van der Waals surface area contributed by atoms with E-state index in [0.717, 1.165) is 27.6 Å². The van der Waals surface area contributed by atoms with Gasteiger partial charge in [0.05, 0.1) is 12.1 Å². The zero-order valence-corrected chi connectivity index (χ0v) is 16.1. The predicted molar refractivity (Wildman–Crippen MR) is 106 cm³/mol. The molecule has 1 N–H and O–H groups in total. The molecule has 0 atom stereocenters. The molecule has 1 fully saturated rings. The van der Waals surface area contributed by atoms with E-state index >= 15 is 0 Å². The molecule has 0 radical (unpaired) electrons. The Balaban J connectivity index is 1.31. The van der Waals surface area contributed by atoms with Crippen molar-refractivity contribution >= 4 is 38.4 Å². The Morgan fingerprint density at radius 1 is 1.14 bits per heavy atom. The van der Waals surface area contributed by atoms with Gasteiger partial charge < -0.3 is 15.1 Å². The van der Waals surface area contributed by atoms with E-state index in [-0.39, 0.29) is 18.1 Å². The minimum Gasteiger partial charge on any atom is -0.376 e. The number of halogens is 3. The van der Waals surface area contributed by atoms with Crippen molar-refractivity contribution in [1.29, 1.82) is 0 Å². The fourth-order valence-electron chi connectivity index (χ4n) is 3.14. The standard InChI is InChI=1S/C19H18F3N5OS/c20-19(21,22)13-3-1-4-14(11-13)24-12-16(28)26-7-9-27(10-8-26)18-25-15-5-2-6-23-17(15)29-18/h1-6,11,24H,7-10,12H2. The maximum absolute atomic E-state index is 12.8. The van der Waals surface area contributed by atoms with Gasteiger partial charge in [-0.3, -0.25) is 4.79 Å². The van der Waals surface area contributed by atoms with Gasteiger partial charge in [0.25, 0.3) is 0 Å². The first-order chi connectivity index (χ1) is 13.9. The van der Waals surface area contributed by atoms with Crippen molar-refractivity contribution in [3.63, 3.8) is 0 Å². The molecule has 1 aromatic carbocycles. The molecule has 10 heteroatoms. The number of alkyl halides is 3. The second-order valence-corrected chi connectivity index (χ2v) is 7.58. The highest BCUT2D eigenvalue weighted by molar-refractivity contribution is 7.21. The van der Waals surface area contributed by atoms with Gasteiger partial charge in [0.2, 0.25) is 5.91 Å². The molecule has 0 spiro atoms. The highest BCUT2D eigenvalue weighted by atomic mass is 32.1. The first-order valence-corrected chi connectivity index (χ1v) is 9.87. The van der Waals surface area contributed by atoms with Crippen LogP contribution in [0.4, 0.5) is 24.0 Å². The van der Waals surface area contributed by atoms with E-state index < -0.39 is 11.7 Å². The summed E-state index contributed by atoms with van der Waals surface area (Å²) in [4.78, 5) is 26.0. The Labute approximate surface area is 169 Å². The SMILES string of the molecule is O=C(CNc1cccc(C(F)(F)F)c1)N1CCN(c2nc3cccnc3s2)CC1. The second-order valence-electron chi connectivity index (χ2n) is 6.62. The van der Waals surface area contributed by atoms with Crippen LogP contribution >= 0.6 is 11.3 Å². The summed E-state index contributed by atoms with van der Waals surface area (Å²) < 4.78 is 38.4. The number of carbonyl (C=O) groups is 1. The normalized spacial score (nSPS) is 15.0. The van der Waals surface area contributed by atoms with Crippen molar-refractivity contribution in [3.8, 4) is 0 Å². The number of benzene rings is 1. The molecule has 3 heterocycles. The molecule has 0 unspecified atom stereocenters. The molecule has 0 aliphatic carbocycles. The summed E-state index contributed by atoms with van der Waals surface area (Å²) in [5.74, 6) is -0.145. The highest BCUT2D eigenvalue weighted by Crippen LogP contribution is 2.31. The average Bonchev–Trinajstić information content (AvgIpc) is 3.16.